The van der Waals surface area contributed by atoms with Gasteiger partial charge in [0.15, 0.2) is 0 Å². The molecule has 0 saturated carbocycles. The molecule has 0 aliphatic heterocycles. The van der Waals surface area contributed by atoms with Crippen LogP contribution < -0.4 is 15.7 Å². The Kier molecular flexibility index (Phi) is 3.57. The Balaban J connectivity index is 2.30. The molecule has 100 valence electrons. The first kappa shape index (κ1) is 13.2. The average Bonchev–Trinajstić information content (AvgIpc) is 2.80. The van der Waals surface area contributed by atoms with Gasteiger partial charge in [-0.15, -0.1) is 5.10 Å². The summed E-state index contributed by atoms with van der Waals surface area (Å²) in [7, 11) is 1.47. The quantitative estimate of drug-likeness (QED) is 0.790. The fraction of sp³-hybridized carbons (Fsp3) is 0.182. The molecule has 2 rings (SSSR count). The van der Waals surface area contributed by atoms with Crippen molar-refractivity contribution in [3.63, 3.8) is 0 Å². The number of carbonyl (C=O) groups excluding carboxylic acids is 1. The summed E-state index contributed by atoms with van der Waals surface area (Å²) in [6, 6.07) is 3.27. The van der Waals surface area contributed by atoms with Crippen molar-refractivity contribution in [3.8, 4) is 5.75 Å². The molecule has 1 heterocycles. The molecule has 7 nitrogen and oxygen atoms in total. The monoisotopic (exact) mass is 282 g/mol. The first-order chi connectivity index (χ1) is 9.01. The molecule has 1 aromatic heterocycles. The van der Waals surface area contributed by atoms with E-state index in [1.807, 2.05) is 0 Å². The van der Waals surface area contributed by atoms with Crippen LogP contribution in [0.25, 0.3) is 0 Å². The minimum absolute atomic E-state index is 0.111. The van der Waals surface area contributed by atoms with E-state index in [4.69, 9.17) is 16.3 Å². The van der Waals surface area contributed by atoms with E-state index >= 15 is 0 Å². The predicted octanol–water partition coefficient (Wildman–Crippen LogP) is 1.32. The van der Waals surface area contributed by atoms with Crippen LogP contribution in [0.3, 0.4) is 0 Å². The zero-order chi connectivity index (χ0) is 14.0. The molecule has 0 bridgehead atoms. The Morgan fingerprint density at radius 1 is 1.47 bits per heavy atom. The van der Waals surface area contributed by atoms with Crippen LogP contribution in [0, 0.1) is 6.92 Å². The maximum atomic E-state index is 11.8. The van der Waals surface area contributed by atoms with E-state index in [9.17, 15) is 9.59 Å². The third kappa shape index (κ3) is 2.76. The van der Waals surface area contributed by atoms with Gasteiger partial charge in [-0.25, -0.2) is 9.89 Å². The predicted molar refractivity (Wildman–Crippen MR) is 69.9 cm³/mol. The molecule has 1 amide bonds. The molecular weight excluding hydrogens is 272 g/mol. The summed E-state index contributed by atoms with van der Waals surface area (Å²) in [4.78, 5) is 25.0. The molecule has 0 aliphatic carbocycles. The number of carbonyl (C=O) groups is 1. The van der Waals surface area contributed by atoms with E-state index in [0.717, 1.165) is 5.56 Å². The zero-order valence-electron chi connectivity index (χ0n) is 10.2. The molecule has 2 aromatic rings. The molecular formula is C11H11ClN4O3. The number of hydrogen-bond acceptors (Lipinski definition) is 4. The standard InChI is InChI=1S/C11H11ClN4O3/c1-5-3-7(8(19-2)4-6(5)12)13-10(17)9-14-11(18)16-15-9/h3-4H,1-2H3,(H,13,17)(H2,14,15,16,18). The lowest BCUT2D eigenvalue weighted by atomic mass is 10.2. The number of nitrogens with zero attached hydrogens (tertiary/aromatic N) is 1. The van der Waals surface area contributed by atoms with Gasteiger partial charge in [-0.2, -0.15) is 0 Å². The van der Waals surface area contributed by atoms with Crippen LogP contribution in [-0.2, 0) is 0 Å². The Morgan fingerprint density at radius 3 is 2.79 bits per heavy atom. The van der Waals surface area contributed by atoms with Crippen LogP contribution >= 0.6 is 11.6 Å². The Hall–Kier alpha value is -2.28. The number of hydrogen-bond donors (Lipinski definition) is 3. The number of aromatic amines is 2. The van der Waals surface area contributed by atoms with Crippen LogP contribution in [0.15, 0.2) is 16.9 Å². The SMILES string of the molecule is COc1cc(Cl)c(C)cc1NC(=O)c1n[nH]c(=O)[nH]1. The molecule has 0 aliphatic rings. The van der Waals surface area contributed by atoms with Gasteiger partial charge in [0.25, 0.3) is 5.91 Å². The van der Waals surface area contributed by atoms with Crippen molar-refractivity contribution < 1.29 is 9.53 Å². The van der Waals surface area contributed by atoms with Gasteiger partial charge < -0.3 is 10.1 Å². The van der Waals surface area contributed by atoms with Crippen molar-refractivity contribution in [3.05, 3.63) is 39.0 Å². The topological polar surface area (TPSA) is 99.9 Å². The van der Waals surface area contributed by atoms with Crippen LogP contribution in [-0.4, -0.2) is 28.2 Å². The van der Waals surface area contributed by atoms with Gasteiger partial charge in [0, 0.05) is 11.1 Å². The number of ether oxygens (including phenoxy) is 1. The van der Waals surface area contributed by atoms with Crippen molar-refractivity contribution in [2.45, 2.75) is 6.92 Å². The molecule has 0 spiro atoms. The molecule has 19 heavy (non-hydrogen) atoms. The number of aromatic nitrogens is 3. The number of amides is 1. The second kappa shape index (κ2) is 5.15. The highest BCUT2D eigenvalue weighted by Crippen LogP contribution is 2.30. The highest BCUT2D eigenvalue weighted by atomic mass is 35.5. The van der Waals surface area contributed by atoms with E-state index in [0.29, 0.717) is 16.5 Å². The Bertz CT molecular complexity index is 677. The second-order valence-electron chi connectivity index (χ2n) is 3.78. The third-order valence-corrected chi connectivity index (χ3v) is 2.85. The van der Waals surface area contributed by atoms with Crippen molar-refractivity contribution >= 4 is 23.2 Å². The highest BCUT2D eigenvalue weighted by Gasteiger charge is 2.14. The molecule has 0 fully saturated rings. The van der Waals surface area contributed by atoms with Crippen molar-refractivity contribution in [2.75, 3.05) is 12.4 Å². The summed E-state index contributed by atoms with van der Waals surface area (Å²) in [5, 5.41) is 8.76. The largest absolute Gasteiger partial charge is 0.495 e. The number of rotatable bonds is 3. The first-order valence-electron chi connectivity index (χ1n) is 5.31. The summed E-state index contributed by atoms with van der Waals surface area (Å²) in [5.41, 5.74) is 0.677. The summed E-state index contributed by atoms with van der Waals surface area (Å²) >= 11 is 5.96. The van der Waals surface area contributed by atoms with Gasteiger partial charge in [0.1, 0.15) is 5.75 Å². The number of nitrogens with one attached hydrogen (secondary N) is 3. The molecule has 1 aromatic carbocycles. The second-order valence-corrected chi connectivity index (χ2v) is 4.19. The van der Waals surface area contributed by atoms with Gasteiger partial charge in [-0.1, -0.05) is 11.6 Å². The molecule has 0 atom stereocenters. The number of anilines is 1. The fourth-order valence-electron chi connectivity index (χ4n) is 1.49. The van der Waals surface area contributed by atoms with E-state index in [1.54, 1.807) is 19.1 Å². The minimum Gasteiger partial charge on any atom is -0.495 e. The average molecular weight is 283 g/mol. The lowest BCUT2D eigenvalue weighted by Crippen LogP contribution is -2.15. The molecule has 0 saturated heterocycles. The van der Waals surface area contributed by atoms with Gasteiger partial charge in [0.05, 0.1) is 12.8 Å². The molecule has 3 N–H and O–H groups in total. The maximum Gasteiger partial charge on any atom is 0.341 e. The molecule has 0 unspecified atom stereocenters. The molecule has 0 radical (unpaired) electrons. The van der Waals surface area contributed by atoms with Crippen LogP contribution in [0.5, 0.6) is 5.75 Å². The Morgan fingerprint density at radius 2 is 2.21 bits per heavy atom. The van der Waals surface area contributed by atoms with Crippen LogP contribution in [0.4, 0.5) is 5.69 Å². The zero-order valence-corrected chi connectivity index (χ0v) is 11.0. The van der Waals surface area contributed by atoms with Gasteiger partial charge in [-0.3, -0.25) is 9.78 Å². The van der Waals surface area contributed by atoms with Gasteiger partial charge >= 0.3 is 5.69 Å². The van der Waals surface area contributed by atoms with Crippen molar-refractivity contribution in [2.24, 2.45) is 0 Å². The Labute approximate surface area is 112 Å². The van der Waals surface area contributed by atoms with E-state index < -0.39 is 11.6 Å². The minimum atomic E-state index is -0.557. The number of H-pyrrole nitrogens is 2. The number of benzene rings is 1. The van der Waals surface area contributed by atoms with Gasteiger partial charge in [0.2, 0.25) is 5.82 Å². The number of methoxy groups -OCH3 is 1. The highest BCUT2D eigenvalue weighted by molar-refractivity contribution is 6.31. The normalized spacial score (nSPS) is 10.3. The van der Waals surface area contributed by atoms with Crippen molar-refractivity contribution in [1.82, 2.24) is 15.2 Å². The molecule has 8 heteroatoms. The van der Waals surface area contributed by atoms with E-state index in [2.05, 4.69) is 20.5 Å². The van der Waals surface area contributed by atoms with Crippen LogP contribution in [0.1, 0.15) is 16.2 Å². The smallest absolute Gasteiger partial charge is 0.341 e. The number of aryl methyl sites for hydroxylation is 1. The summed E-state index contributed by atoms with van der Waals surface area (Å²) in [6.07, 6.45) is 0. The lowest BCUT2D eigenvalue weighted by molar-refractivity contribution is 0.101. The fourth-order valence-corrected chi connectivity index (χ4v) is 1.64. The van der Waals surface area contributed by atoms with E-state index in [1.165, 1.54) is 7.11 Å². The van der Waals surface area contributed by atoms with E-state index in [-0.39, 0.29) is 5.82 Å². The summed E-state index contributed by atoms with van der Waals surface area (Å²) < 4.78 is 5.12. The maximum absolute atomic E-state index is 11.8. The summed E-state index contributed by atoms with van der Waals surface area (Å²) in [6.45, 7) is 1.80. The van der Waals surface area contributed by atoms with Gasteiger partial charge in [-0.05, 0) is 18.6 Å². The third-order valence-electron chi connectivity index (χ3n) is 2.45. The lowest BCUT2D eigenvalue weighted by Gasteiger charge is -2.11. The van der Waals surface area contributed by atoms with Crippen molar-refractivity contribution in [1.29, 1.82) is 0 Å². The summed E-state index contributed by atoms with van der Waals surface area (Å²) in [5.74, 6) is -0.250. The van der Waals surface area contributed by atoms with Crippen LogP contribution in [0.2, 0.25) is 5.02 Å². The first-order valence-corrected chi connectivity index (χ1v) is 5.69. The number of halogens is 1.